The first-order chi connectivity index (χ1) is 10.5. The van der Waals surface area contributed by atoms with E-state index in [2.05, 4.69) is 21.2 Å². The van der Waals surface area contributed by atoms with Gasteiger partial charge in [0.25, 0.3) is 5.91 Å². The van der Waals surface area contributed by atoms with E-state index in [1.807, 2.05) is 36.4 Å². The Hall–Kier alpha value is -2.14. The van der Waals surface area contributed by atoms with E-state index in [1.54, 1.807) is 12.1 Å². The van der Waals surface area contributed by atoms with Gasteiger partial charge in [-0.15, -0.1) is 0 Å². The van der Waals surface area contributed by atoms with Crippen LogP contribution in [0.2, 0.25) is 0 Å². The summed E-state index contributed by atoms with van der Waals surface area (Å²) >= 11 is 3.33. The van der Waals surface area contributed by atoms with Crippen molar-refractivity contribution >= 4 is 33.5 Å². The van der Waals surface area contributed by atoms with Gasteiger partial charge in [-0.25, -0.2) is 0 Å². The summed E-state index contributed by atoms with van der Waals surface area (Å²) in [7, 11) is 0. The van der Waals surface area contributed by atoms with E-state index < -0.39 is 5.97 Å². The molecule has 4 nitrogen and oxygen atoms in total. The van der Waals surface area contributed by atoms with Crippen LogP contribution in [0.15, 0.2) is 53.0 Å². The zero-order valence-electron chi connectivity index (χ0n) is 11.9. The number of aliphatic carboxylic acids is 1. The van der Waals surface area contributed by atoms with Crippen LogP contribution < -0.4 is 5.32 Å². The number of halogens is 1. The highest BCUT2D eigenvalue weighted by atomic mass is 79.9. The SMILES string of the molecule is O=C(O)CCCc1ccc(NC(=O)c2ccc(Br)cc2)cc1. The van der Waals surface area contributed by atoms with Crippen molar-refractivity contribution in [2.75, 3.05) is 5.32 Å². The van der Waals surface area contributed by atoms with Crippen molar-refractivity contribution in [2.45, 2.75) is 19.3 Å². The Morgan fingerprint density at radius 1 is 1.00 bits per heavy atom. The number of nitrogens with one attached hydrogen (secondary N) is 1. The normalized spacial score (nSPS) is 10.2. The van der Waals surface area contributed by atoms with Gasteiger partial charge >= 0.3 is 5.97 Å². The summed E-state index contributed by atoms with van der Waals surface area (Å²) in [5, 5.41) is 11.4. The number of rotatable bonds is 6. The van der Waals surface area contributed by atoms with Crippen molar-refractivity contribution in [1.82, 2.24) is 0 Å². The van der Waals surface area contributed by atoms with Crippen LogP contribution in [0.3, 0.4) is 0 Å². The molecule has 0 radical (unpaired) electrons. The molecular formula is C17H16BrNO3. The molecule has 1 amide bonds. The Morgan fingerprint density at radius 2 is 1.64 bits per heavy atom. The molecule has 0 unspecified atom stereocenters. The van der Waals surface area contributed by atoms with E-state index in [0.717, 1.165) is 15.7 Å². The molecule has 2 aromatic carbocycles. The fraction of sp³-hybridized carbons (Fsp3) is 0.176. The van der Waals surface area contributed by atoms with Crippen LogP contribution in [-0.4, -0.2) is 17.0 Å². The number of hydrogen-bond acceptors (Lipinski definition) is 2. The number of hydrogen-bond donors (Lipinski definition) is 2. The van der Waals surface area contributed by atoms with Crippen molar-refractivity contribution in [3.63, 3.8) is 0 Å². The molecule has 0 aromatic heterocycles. The number of anilines is 1. The average molecular weight is 362 g/mol. The molecule has 0 aliphatic rings. The maximum Gasteiger partial charge on any atom is 0.303 e. The molecular weight excluding hydrogens is 346 g/mol. The molecule has 0 saturated heterocycles. The minimum absolute atomic E-state index is 0.161. The molecule has 0 aliphatic carbocycles. The fourth-order valence-corrected chi connectivity index (χ4v) is 2.27. The van der Waals surface area contributed by atoms with Gasteiger partial charge in [-0.1, -0.05) is 28.1 Å². The van der Waals surface area contributed by atoms with Crippen molar-refractivity contribution in [3.8, 4) is 0 Å². The fourth-order valence-electron chi connectivity index (χ4n) is 2.00. The van der Waals surface area contributed by atoms with Gasteiger partial charge in [-0.2, -0.15) is 0 Å². The molecule has 0 heterocycles. The number of carboxylic acids is 1. The second kappa shape index (κ2) is 7.75. The molecule has 0 atom stereocenters. The van der Waals surface area contributed by atoms with Gasteiger partial charge in [0.15, 0.2) is 0 Å². The smallest absolute Gasteiger partial charge is 0.303 e. The Morgan fingerprint density at radius 3 is 2.23 bits per heavy atom. The molecule has 0 saturated carbocycles. The standard InChI is InChI=1S/C17H16BrNO3/c18-14-8-6-13(7-9-14)17(22)19-15-10-4-12(5-11-15)2-1-3-16(20)21/h4-11H,1-3H2,(H,19,22)(H,20,21). The number of benzene rings is 2. The monoisotopic (exact) mass is 361 g/mol. The molecule has 114 valence electrons. The van der Waals surface area contributed by atoms with E-state index in [-0.39, 0.29) is 12.3 Å². The first-order valence-electron chi connectivity index (χ1n) is 6.92. The molecule has 2 N–H and O–H groups in total. The summed E-state index contributed by atoms with van der Waals surface area (Å²) in [5.41, 5.74) is 2.37. The van der Waals surface area contributed by atoms with Gasteiger partial charge in [0.05, 0.1) is 0 Å². The van der Waals surface area contributed by atoms with E-state index in [0.29, 0.717) is 18.4 Å². The summed E-state index contributed by atoms with van der Waals surface area (Å²) in [5.74, 6) is -0.940. The third-order valence-corrected chi connectivity index (χ3v) is 3.70. The number of carbonyl (C=O) groups excluding carboxylic acids is 1. The quantitative estimate of drug-likeness (QED) is 0.813. The molecule has 0 aliphatic heterocycles. The first kappa shape index (κ1) is 16.2. The topological polar surface area (TPSA) is 66.4 Å². The van der Waals surface area contributed by atoms with Gasteiger partial charge < -0.3 is 10.4 Å². The van der Waals surface area contributed by atoms with Crippen LogP contribution >= 0.6 is 15.9 Å². The lowest BCUT2D eigenvalue weighted by Crippen LogP contribution is -2.11. The van der Waals surface area contributed by atoms with Gasteiger partial charge in [0.2, 0.25) is 0 Å². The lowest BCUT2D eigenvalue weighted by molar-refractivity contribution is -0.137. The van der Waals surface area contributed by atoms with Gasteiger partial charge in [-0.05, 0) is 54.8 Å². The van der Waals surface area contributed by atoms with Crippen molar-refractivity contribution < 1.29 is 14.7 Å². The predicted molar refractivity (Wildman–Crippen MR) is 89.1 cm³/mol. The summed E-state index contributed by atoms with van der Waals surface area (Å²) in [6, 6.07) is 14.6. The van der Waals surface area contributed by atoms with Crippen LogP contribution in [0.4, 0.5) is 5.69 Å². The predicted octanol–water partition coefficient (Wildman–Crippen LogP) is 4.11. The lowest BCUT2D eigenvalue weighted by Gasteiger charge is -2.07. The molecule has 0 spiro atoms. The molecule has 0 fully saturated rings. The third kappa shape index (κ3) is 5.00. The van der Waals surface area contributed by atoms with Crippen molar-refractivity contribution in [3.05, 3.63) is 64.1 Å². The number of aryl methyl sites for hydroxylation is 1. The van der Waals surface area contributed by atoms with Gasteiger partial charge in [-0.3, -0.25) is 9.59 Å². The first-order valence-corrected chi connectivity index (χ1v) is 7.71. The Kier molecular flexibility index (Phi) is 5.72. The largest absolute Gasteiger partial charge is 0.481 e. The van der Waals surface area contributed by atoms with Crippen molar-refractivity contribution in [1.29, 1.82) is 0 Å². The number of amides is 1. The molecule has 22 heavy (non-hydrogen) atoms. The van der Waals surface area contributed by atoms with Crippen LogP contribution in [0.5, 0.6) is 0 Å². The zero-order chi connectivity index (χ0) is 15.9. The van der Waals surface area contributed by atoms with Crippen LogP contribution in [0.25, 0.3) is 0 Å². The van der Waals surface area contributed by atoms with Gasteiger partial charge in [0.1, 0.15) is 0 Å². The lowest BCUT2D eigenvalue weighted by atomic mass is 10.1. The third-order valence-electron chi connectivity index (χ3n) is 3.17. The van der Waals surface area contributed by atoms with Crippen LogP contribution in [0, 0.1) is 0 Å². The van der Waals surface area contributed by atoms with E-state index in [1.165, 1.54) is 0 Å². The molecule has 2 aromatic rings. The van der Waals surface area contributed by atoms with E-state index >= 15 is 0 Å². The molecule has 5 heteroatoms. The minimum atomic E-state index is -0.779. The van der Waals surface area contributed by atoms with Crippen LogP contribution in [0.1, 0.15) is 28.8 Å². The van der Waals surface area contributed by atoms with Gasteiger partial charge in [0, 0.05) is 22.1 Å². The Bertz CT molecular complexity index is 651. The second-order valence-electron chi connectivity index (χ2n) is 4.91. The zero-order valence-corrected chi connectivity index (χ0v) is 13.5. The summed E-state index contributed by atoms with van der Waals surface area (Å²) < 4.78 is 0.926. The van der Waals surface area contributed by atoms with E-state index in [9.17, 15) is 9.59 Å². The number of carboxylic acid groups (broad SMARTS) is 1. The van der Waals surface area contributed by atoms with Crippen molar-refractivity contribution in [2.24, 2.45) is 0 Å². The Balaban J connectivity index is 1.91. The molecule has 0 bridgehead atoms. The highest BCUT2D eigenvalue weighted by Crippen LogP contribution is 2.15. The summed E-state index contributed by atoms with van der Waals surface area (Å²) in [4.78, 5) is 22.5. The maximum absolute atomic E-state index is 12.1. The summed E-state index contributed by atoms with van der Waals surface area (Å²) in [6.07, 6.45) is 1.50. The highest BCUT2D eigenvalue weighted by molar-refractivity contribution is 9.10. The Labute approximate surface area is 137 Å². The minimum Gasteiger partial charge on any atom is -0.481 e. The van der Waals surface area contributed by atoms with E-state index in [4.69, 9.17) is 5.11 Å². The molecule has 2 rings (SSSR count). The van der Waals surface area contributed by atoms with Crippen LogP contribution in [-0.2, 0) is 11.2 Å². The average Bonchev–Trinajstić information content (AvgIpc) is 2.49. The highest BCUT2D eigenvalue weighted by Gasteiger charge is 2.06. The maximum atomic E-state index is 12.1. The second-order valence-corrected chi connectivity index (χ2v) is 5.82. The number of carbonyl (C=O) groups is 2. The summed E-state index contributed by atoms with van der Waals surface area (Å²) in [6.45, 7) is 0.